The van der Waals surface area contributed by atoms with Gasteiger partial charge in [0.15, 0.2) is 17.7 Å². The number of nitrogens with one attached hydrogen (secondary N) is 2. The fraction of sp³-hybridized carbons (Fsp3) is 0.222. The number of carbonyl (C=O) groups is 2. The highest BCUT2D eigenvalue weighted by Crippen LogP contribution is 2.22. The SMILES string of the molecule is Cc1cccc(OC(C)C(=O)NNC(=O)c2cc(F)c(F)cc2Cl)c1C. The van der Waals surface area contributed by atoms with Gasteiger partial charge >= 0.3 is 0 Å². The number of halogens is 3. The van der Waals surface area contributed by atoms with E-state index >= 15 is 0 Å². The summed E-state index contributed by atoms with van der Waals surface area (Å²) >= 11 is 5.71. The highest BCUT2D eigenvalue weighted by atomic mass is 35.5. The van der Waals surface area contributed by atoms with Gasteiger partial charge in [0, 0.05) is 0 Å². The fourth-order valence-corrected chi connectivity index (χ4v) is 2.32. The molecule has 0 fully saturated rings. The molecule has 0 saturated carbocycles. The molecule has 5 nitrogen and oxygen atoms in total. The largest absolute Gasteiger partial charge is 0.481 e. The number of ether oxygens (including phenoxy) is 1. The number of amides is 2. The molecule has 0 radical (unpaired) electrons. The number of benzene rings is 2. The van der Waals surface area contributed by atoms with Gasteiger partial charge in [0.05, 0.1) is 10.6 Å². The topological polar surface area (TPSA) is 67.4 Å². The van der Waals surface area contributed by atoms with Crippen LogP contribution in [0.1, 0.15) is 28.4 Å². The molecule has 0 heterocycles. The molecule has 1 atom stereocenters. The van der Waals surface area contributed by atoms with E-state index in [1.807, 2.05) is 19.9 Å². The summed E-state index contributed by atoms with van der Waals surface area (Å²) < 4.78 is 31.9. The predicted octanol–water partition coefficient (Wildman–Crippen LogP) is 3.46. The maximum Gasteiger partial charge on any atom is 0.279 e. The zero-order chi connectivity index (χ0) is 19.4. The normalized spacial score (nSPS) is 11.6. The van der Waals surface area contributed by atoms with Gasteiger partial charge in [-0.05, 0) is 50.1 Å². The van der Waals surface area contributed by atoms with Crippen LogP contribution in [0, 0.1) is 25.5 Å². The lowest BCUT2D eigenvalue weighted by molar-refractivity contribution is -0.128. The molecule has 0 bridgehead atoms. The van der Waals surface area contributed by atoms with Crippen molar-refractivity contribution in [2.45, 2.75) is 26.9 Å². The second kappa shape index (κ2) is 8.14. The summed E-state index contributed by atoms with van der Waals surface area (Å²) in [4.78, 5) is 24.0. The van der Waals surface area contributed by atoms with E-state index in [-0.39, 0.29) is 10.6 Å². The third-order valence-electron chi connectivity index (χ3n) is 3.78. The molecule has 138 valence electrons. The summed E-state index contributed by atoms with van der Waals surface area (Å²) in [6.45, 7) is 5.29. The van der Waals surface area contributed by atoms with Crippen LogP contribution in [0.5, 0.6) is 5.75 Å². The minimum Gasteiger partial charge on any atom is -0.481 e. The molecule has 0 aliphatic rings. The van der Waals surface area contributed by atoms with Gasteiger partial charge in [-0.25, -0.2) is 8.78 Å². The molecule has 0 spiro atoms. The van der Waals surface area contributed by atoms with Crippen LogP contribution in [0.25, 0.3) is 0 Å². The first-order valence-corrected chi connectivity index (χ1v) is 8.06. The van der Waals surface area contributed by atoms with Crippen LogP contribution in [0.4, 0.5) is 8.78 Å². The maximum absolute atomic E-state index is 13.2. The van der Waals surface area contributed by atoms with E-state index in [2.05, 4.69) is 10.9 Å². The number of rotatable bonds is 4. The second-order valence-electron chi connectivity index (χ2n) is 5.65. The molecule has 2 amide bonds. The highest BCUT2D eigenvalue weighted by Gasteiger charge is 2.19. The fourth-order valence-electron chi connectivity index (χ4n) is 2.08. The molecule has 1 unspecified atom stereocenters. The van der Waals surface area contributed by atoms with Crippen LogP contribution in [-0.2, 0) is 4.79 Å². The lowest BCUT2D eigenvalue weighted by Gasteiger charge is -2.17. The van der Waals surface area contributed by atoms with E-state index in [9.17, 15) is 18.4 Å². The van der Waals surface area contributed by atoms with Crippen molar-refractivity contribution >= 4 is 23.4 Å². The van der Waals surface area contributed by atoms with Crippen molar-refractivity contribution in [2.24, 2.45) is 0 Å². The first kappa shape index (κ1) is 19.7. The van der Waals surface area contributed by atoms with Crippen LogP contribution in [0.2, 0.25) is 5.02 Å². The molecular formula is C18H17ClF2N2O3. The molecule has 0 aliphatic heterocycles. The molecule has 2 aromatic carbocycles. The van der Waals surface area contributed by atoms with Gasteiger partial charge in [-0.3, -0.25) is 20.4 Å². The van der Waals surface area contributed by atoms with Crippen LogP contribution >= 0.6 is 11.6 Å². The van der Waals surface area contributed by atoms with Crippen molar-refractivity contribution in [3.8, 4) is 5.75 Å². The quantitative estimate of drug-likeness (QED) is 0.628. The molecule has 2 N–H and O–H groups in total. The van der Waals surface area contributed by atoms with Crippen molar-refractivity contribution in [3.05, 3.63) is 63.7 Å². The van der Waals surface area contributed by atoms with Gasteiger partial charge in [-0.2, -0.15) is 0 Å². The average molecular weight is 383 g/mol. The van der Waals surface area contributed by atoms with Crippen molar-refractivity contribution in [2.75, 3.05) is 0 Å². The average Bonchev–Trinajstić information content (AvgIpc) is 2.59. The Morgan fingerprint density at radius 1 is 1.12 bits per heavy atom. The van der Waals surface area contributed by atoms with Crippen LogP contribution in [0.15, 0.2) is 30.3 Å². The van der Waals surface area contributed by atoms with E-state index < -0.39 is 29.6 Å². The minimum absolute atomic E-state index is 0.282. The maximum atomic E-state index is 13.2. The van der Waals surface area contributed by atoms with Crippen LogP contribution in [-0.4, -0.2) is 17.9 Å². The van der Waals surface area contributed by atoms with E-state index in [1.54, 1.807) is 12.1 Å². The Balaban J connectivity index is 1.98. The number of hydrogen-bond acceptors (Lipinski definition) is 3. The Hall–Kier alpha value is -2.67. The summed E-state index contributed by atoms with van der Waals surface area (Å²) in [6, 6.07) is 6.77. The van der Waals surface area contributed by atoms with Gasteiger partial charge in [0.2, 0.25) is 0 Å². The van der Waals surface area contributed by atoms with Crippen molar-refractivity contribution in [3.63, 3.8) is 0 Å². The molecule has 26 heavy (non-hydrogen) atoms. The van der Waals surface area contributed by atoms with Crippen LogP contribution in [0.3, 0.4) is 0 Å². The molecule has 0 saturated heterocycles. The van der Waals surface area contributed by atoms with E-state index in [4.69, 9.17) is 16.3 Å². The third kappa shape index (κ3) is 4.49. The standard InChI is InChI=1S/C18H17ClF2N2O3/c1-9-5-4-6-16(10(9)2)26-11(3)17(24)22-23-18(25)12-7-14(20)15(21)8-13(12)19/h4-8,11H,1-3H3,(H,22,24)(H,23,25). The molecule has 0 aliphatic carbocycles. The Kier molecular flexibility index (Phi) is 6.15. The monoisotopic (exact) mass is 382 g/mol. The Morgan fingerprint density at radius 2 is 1.77 bits per heavy atom. The van der Waals surface area contributed by atoms with Gasteiger partial charge in [0.1, 0.15) is 5.75 Å². The van der Waals surface area contributed by atoms with Crippen molar-refractivity contribution < 1.29 is 23.1 Å². The number of carbonyl (C=O) groups excluding carboxylic acids is 2. The number of hydrogen-bond donors (Lipinski definition) is 2. The van der Waals surface area contributed by atoms with Gasteiger partial charge in [-0.1, -0.05) is 23.7 Å². The first-order valence-electron chi connectivity index (χ1n) is 7.68. The summed E-state index contributed by atoms with van der Waals surface area (Å²) in [5, 5.41) is -0.282. The summed E-state index contributed by atoms with van der Waals surface area (Å²) in [6.07, 6.45) is -0.906. The molecule has 2 aromatic rings. The molecule has 2 rings (SSSR count). The zero-order valence-corrected chi connectivity index (χ0v) is 15.1. The summed E-state index contributed by atoms with van der Waals surface area (Å²) in [5.41, 5.74) is 5.84. The van der Waals surface area contributed by atoms with Gasteiger partial charge < -0.3 is 4.74 Å². The first-order chi connectivity index (χ1) is 12.2. The van der Waals surface area contributed by atoms with Gasteiger partial charge in [0.25, 0.3) is 11.8 Å². The molecule has 8 heteroatoms. The summed E-state index contributed by atoms with van der Waals surface area (Å²) in [5.74, 6) is -3.37. The Labute approximate surface area is 154 Å². The van der Waals surface area contributed by atoms with Crippen molar-refractivity contribution in [1.82, 2.24) is 10.9 Å². The zero-order valence-electron chi connectivity index (χ0n) is 14.3. The van der Waals surface area contributed by atoms with E-state index in [0.717, 1.165) is 11.1 Å². The second-order valence-corrected chi connectivity index (χ2v) is 6.05. The molecular weight excluding hydrogens is 366 g/mol. The molecule has 0 aromatic heterocycles. The predicted molar refractivity (Wildman–Crippen MR) is 93.0 cm³/mol. The minimum atomic E-state index is -1.22. The summed E-state index contributed by atoms with van der Waals surface area (Å²) in [7, 11) is 0. The van der Waals surface area contributed by atoms with E-state index in [1.165, 1.54) is 6.92 Å². The third-order valence-corrected chi connectivity index (χ3v) is 4.09. The van der Waals surface area contributed by atoms with Crippen molar-refractivity contribution in [1.29, 1.82) is 0 Å². The smallest absolute Gasteiger partial charge is 0.279 e. The lowest BCUT2D eigenvalue weighted by Crippen LogP contribution is -2.47. The van der Waals surface area contributed by atoms with Gasteiger partial charge in [-0.15, -0.1) is 0 Å². The number of aryl methyl sites for hydroxylation is 1. The highest BCUT2D eigenvalue weighted by molar-refractivity contribution is 6.33. The van der Waals surface area contributed by atoms with Crippen LogP contribution < -0.4 is 15.6 Å². The Morgan fingerprint density at radius 3 is 2.46 bits per heavy atom. The van der Waals surface area contributed by atoms with E-state index in [0.29, 0.717) is 17.9 Å². The Bertz CT molecular complexity index is 859. The number of hydrazine groups is 1. The lowest BCUT2D eigenvalue weighted by atomic mass is 10.1.